The lowest BCUT2D eigenvalue weighted by molar-refractivity contribution is -0.119. The van der Waals surface area contributed by atoms with Gasteiger partial charge in [0.25, 0.3) is 0 Å². The van der Waals surface area contributed by atoms with Crippen LogP contribution in [0.4, 0.5) is 5.82 Å². The van der Waals surface area contributed by atoms with E-state index in [2.05, 4.69) is 31.6 Å². The Morgan fingerprint density at radius 3 is 3.04 bits per heavy atom. The third kappa shape index (κ3) is 3.86. The van der Waals surface area contributed by atoms with Gasteiger partial charge in [0.2, 0.25) is 5.91 Å². The molecular weight excluding hydrogens is 316 g/mol. The van der Waals surface area contributed by atoms with Crippen molar-refractivity contribution < 1.29 is 4.79 Å². The van der Waals surface area contributed by atoms with Crippen molar-refractivity contribution in [2.24, 2.45) is 10.4 Å². The Labute approximate surface area is 149 Å². The first kappa shape index (κ1) is 17.5. The molecule has 0 aliphatic carbocycles. The monoisotopic (exact) mass is 344 g/mol. The summed E-state index contributed by atoms with van der Waals surface area (Å²) in [7, 11) is 5.82. The number of guanidine groups is 1. The normalized spacial score (nSPS) is 23.7. The lowest BCUT2D eigenvalue weighted by atomic mass is 9.79. The SMILES string of the molecule is CN=C(NCc1cccnc1N(C)C)N1CCCC2(CNC(=O)C2)C1. The number of amides is 1. The molecule has 1 aromatic heterocycles. The number of carbonyl (C=O) groups is 1. The predicted molar refractivity (Wildman–Crippen MR) is 99.6 cm³/mol. The number of anilines is 1. The highest BCUT2D eigenvalue weighted by molar-refractivity contribution is 5.81. The van der Waals surface area contributed by atoms with Gasteiger partial charge >= 0.3 is 0 Å². The summed E-state index contributed by atoms with van der Waals surface area (Å²) in [5.41, 5.74) is 1.20. The molecule has 3 rings (SSSR count). The zero-order valence-corrected chi connectivity index (χ0v) is 15.4. The fraction of sp³-hybridized carbons (Fsp3) is 0.611. The second-order valence-corrected chi connectivity index (χ2v) is 7.26. The van der Waals surface area contributed by atoms with Gasteiger partial charge in [0, 0.05) is 70.9 Å². The summed E-state index contributed by atoms with van der Waals surface area (Å²) in [5.74, 6) is 2.04. The van der Waals surface area contributed by atoms with E-state index in [0.717, 1.165) is 49.8 Å². The second-order valence-electron chi connectivity index (χ2n) is 7.26. The van der Waals surface area contributed by atoms with E-state index >= 15 is 0 Å². The minimum atomic E-state index is 0.0655. The fourth-order valence-electron chi connectivity index (χ4n) is 3.91. The highest BCUT2D eigenvalue weighted by Crippen LogP contribution is 2.36. The van der Waals surface area contributed by atoms with Crippen molar-refractivity contribution in [1.29, 1.82) is 0 Å². The number of rotatable bonds is 3. The van der Waals surface area contributed by atoms with Crippen molar-refractivity contribution in [3.63, 3.8) is 0 Å². The topological polar surface area (TPSA) is 72.9 Å². The van der Waals surface area contributed by atoms with Gasteiger partial charge in [0.15, 0.2) is 5.96 Å². The van der Waals surface area contributed by atoms with Crippen LogP contribution in [-0.4, -0.2) is 62.5 Å². The number of hydrogen-bond acceptors (Lipinski definition) is 4. The maximum absolute atomic E-state index is 11.7. The first-order valence-corrected chi connectivity index (χ1v) is 8.86. The van der Waals surface area contributed by atoms with E-state index in [9.17, 15) is 4.79 Å². The van der Waals surface area contributed by atoms with E-state index in [4.69, 9.17) is 0 Å². The zero-order valence-electron chi connectivity index (χ0n) is 15.4. The van der Waals surface area contributed by atoms with Crippen LogP contribution in [0.2, 0.25) is 0 Å². The Hall–Kier alpha value is -2.31. The van der Waals surface area contributed by atoms with Crippen molar-refractivity contribution in [3.8, 4) is 0 Å². The smallest absolute Gasteiger partial charge is 0.220 e. The molecular formula is C18H28N6O. The number of nitrogens with zero attached hydrogens (tertiary/aromatic N) is 4. The molecule has 7 heteroatoms. The minimum Gasteiger partial charge on any atom is -0.362 e. The molecule has 1 atom stereocenters. The molecule has 2 saturated heterocycles. The van der Waals surface area contributed by atoms with Crippen molar-refractivity contribution in [2.45, 2.75) is 25.8 Å². The van der Waals surface area contributed by atoms with Gasteiger partial charge in [-0.3, -0.25) is 9.79 Å². The van der Waals surface area contributed by atoms with Crippen LogP contribution in [0.5, 0.6) is 0 Å². The number of aromatic nitrogens is 1. The van der Waals surface area contributed by atoms with Gasteiger partial charge in [-0.25, -0.2) is 4.98 Å². The number of carbonyl (C=O) groups excluding carboxylic acids is 1. The summed E-state index contributed by atoms with van der Waals surface area (Å²) in [4.78, 5) is 24.9. The molecule has 2 N–H and O–H groups in total. The summed E-state index contributed by atoms with van der Waals surface area (Å²) < 4.78 is 0. The van der Waals surface area contributed by atoms with E-state index in [1.54, 1.807) is 0 Å². The van der Waals surface area contributed by atoms with Crippen molar-refractivity contribution in [1.82, 2.24) is 20.5 Å². The van der Waals surface area contributed by atoms with Crippen LogP contribution in [0, 0.1) is 5.41 Å². The lowest BCUT2D eigenvalue weighted by Crippen LogP contribution is -2.51. The van der Waals surface area contributed by atoms with Crippen molar-refractivity contribution in [3.05, 3.63) is 23.9 Å². The molecule has 7 nitrogen and oxygen atoms in total. The van der Waals surface area contributed by atoms with Gasteiger partial charge in [-0.15, -0.1) is 0 Å². The summed E-state index contributed by atoms with van der Waals surface area (Å²) in [5, 5.41) is 6.47. The van der Waals surface area contributed by atoms with E-state index < -0.39 is 0 Å². The van der Waals surface area contributed by atoms with E-state index in [-0.39, 0.29) is 11.3 Å². The quantitative estimate of drug-likeness (QED) is 0.628. The summed E-state index contributed by atoms with van der Waals surface area (Å²) in [6.07, 6.45) is 4.64. The highest BCUT2D eigenvalue weighted by atomic mass is 16.1. The zero-order chi connectivity index (χ0) is 17.9. The van der Waals surface area contributed by atoms with Gasteiger partial charge in [-0.05, 0) is 18.9 Å². The molecule has 2 fully saturated rings. The molecule has 1 spiro atoms. The maximum atomic E-state index is 11.7. The molecule has 0 bridgehead atoms. The van der Waals surface area contributed by atoms with Gasteiger partial charge in [-0.2, -0.15) is 0 Å². The average Bonchev–Trinajstić information content (AvgIpc) is 2.95. The first-order chi connectivity index (χ1) is 12.0. The van der Waals surface area contributed by atoms with E-state index in [1.807, 2.05) is 38.3 Å². The summed E-state index contributed by atoms with van der Waals surface area (Å²) >= 11 is 0. The Balaban J connectivity index is 1.66. The van der Waals surface area contributed by atoms with Crippen LogP contribution in [-0.2, 0) is 11.3 Å². The van der Waals surface area contributed by atoms with Crippen molar-refractivity contribution >= 4 is 17.7 Å². The van der Waals surface area contributed by atoms with Crippen LogP contribution in [0.25, 0.3) is 0 Å². The number of piperidine rings is 1. The average molecular weight is 344 g/mol. The molecule has 25 heavy (non-hydrogen) atoms. The minimum absolute atomic E-state index is 0.0655. The fourth-order valence-corrected chi connectivity index (χ4v) is 3.91. The molecule has 0 radical (unpaired) electrons. The number of aliphatic imine (C=N–C) groups is 1. The van der Waals surface area contributed by atoms with Crippen LogP contribution in [0.15, 0.2) is 23.3 Å². The standard InChI is InChI=1S/C18H28N6O/c1-19-17(21-11-14-6-4-8-20-16(14)23(2)3)24-9-5-7-18(13-24)10-15(25)22-12-18/h4,6,8H,5,7,9-13H2,1-3H3,(H,19,21)(H,22,25). The molecule has 1 aromatic rings. The Morgan fingerprint density at radius 2 is 2.36 bits per heavy atom. The largest absolute Gasteiger partial charge is 0.362 e. The van der Waals surface area contributed by atoms with Gasteiger partial charge in [0.1, 0.15) is 5.82 Å². The van der Waals surface area contributed by atoms with E-state index in [1.165, 1.54) is 0 Å². The van der Waals surface area contributed by atoms with Gasteiger partial charge < -0.3 is 20.4 Å². The second kappa shape index (κ2) is 7.29. The summed E-state index contributed by atoms with van der Waals surface area (Å²) in [6, 6.07) is 4.04. The Bertz CT molecular complexity index is 659. The number of nitrogens with one attached hydrogen (secondary N) is 2. The van der Waals surface area contributed by atoms with Gasteiger partial charge in [-0.1, -0.05) is 6.07 Å². The van der Waals surface area contributed by atoms with Crippen molar-refractivity contribution in [2.75, 3.05) is 45.7 Å². The molecule has 0 saturated carbocycles. The van der Waals surface area contributed by atoms with Crippen LogP contribution < -0.4 is 15.5 Å². The number of hydrogen-bond donors (Lipinski definition) is 2. The lowest BCUT2D eigenvalue weighted by Gasteiger charge is -2.40. The number of pyridine rings is 1. The Kier molecular flexibility index (Phi) is 5.11. The molecule has 1 amide bonds. The summed E-state index contributed by atoms with van der Waals surface area (Å²) in [6.45, 7) is 3.31. The molecule has 3 heterocycles. The molecule has 2 aliphatic rings. The first-order valence-electron chi connectivity index (χ1n) is 8.86. The molecule has 2 aliphatic heterocycles. The van der Waals surface area contributed by atoms with E-state index in [0.29, 0.717) is 13.0 Å². The molecule has 0 aromatic carbocycles. The van der Waals surface area contributed by atoms with Crippen LogP contribution in [0.3, 0.4) is 0 Å². The third-order valence-electron chi connectivity index (χ3n) is 5.10. The maximum Gasteiger partial charge on any atom is 0.220 e. The van der Waals surface area contributed by atoms with Gasteiger partial charge in [0.05, 0.1) is 0 Å². The third-order valence-corrected chi connectivity index (χ3v) is 5.10. The predicted octanol–water partition coefficient (Wildman–Crippen LogP) is 0.825. The Morgan fingerprint density at radius 1 is 1.52 bits per heavy atom. The highest BCUT2D eigenvalue weighted by Gasteiger charge is 2.42. The van der Waals surface area contributed by atoms with Crippen LogP contribution >= 0.6 is 0 Å². The number of likely N-dealkylation sites (tertiary alicyclic amines) is 1. The molecule has 136 valence electrons. The van der Waals surface area contributed by atoms with Crippen LogP contribution in [0.1, 0.15) is 24.8 Å². The molecule has 1 unspecified atom stereocenters.